The summed E-state index contributed by atoms with van der Waals surface area (Å²) in [4.78, 5) is 11.8. The molecule has 0 aromatic rings. The van der Waals surface area contributed by atoms with Crippen molar-refractivity contribution in [3.8, 4) is 0 Å². The highest BCUT2D eigenvalue weighted by molar-refractivity contribution is 5.87. The van der Waals surface area contributed by atoms with E-state index in [1.165, 1.54) is 25.2 Å². The Balaban J connectivity index is 2.86. The van der Waals surface area contributed by atoms with Crippen LogP contribution in [0.3, 0.4) is 0 Å². The molecule has 0 saturated carbocycles. The number of nitrogens with one attached hydrogen (secondary N) is 1. The molecule has 0 aliphatic carbocycles. The molecular formula is C25H31NO3. The second-order valence-electron chi connectivity index (χ2n) is 6.81. The normalized spacial score (nSPS) is 37.0. The molecule has 0 radical (unpaired) electrons. The van der Waals surface area contributed by atoms with Gasteiger partial charge < -0.3 is 15.5 Å². The van der Waals surface area contributed by atoms with E-state index in [-0.39, 0.29) is 11.8 Å². The van der Waals surface area contributed by atoms with E-state index >= 15 is 0 Å². The van der Waals surface area contributed by atoms with Crippen LogP contribution in [0, 0.1) is 5.92 Å². The van der Waals surface area contributed by atoms with Crippen molar-refractivity contribution in [2.24, 2.45) is 5.92 Å². The van der Waals surface area contributed by atoms with Gasteiger partial charge in [0, 0.05) is 12.6 Å². The zero-order valence-electron chi connectivity index (χ0n) is 17.1. The molecule has 3 unspecified atom stereocenters. The molecule has 3 N–H and O–H groups in total. The summed E-state index contributed by atoms with van der Waals surface area (Å²) in [6, 6.07) is 0. The molecule has 29 heavy (non-hydrogen) atoms. The zero-order chi connectivity index (χ0) is 21.4. The van der Waals surface area contributed by atoms with E-state index in [1.807, 2.05) is 49.5 Å². The van der Waals surface area contributed by atoms with Crippen LogP contribution in [0.25, 0.3) is 0 Å². The van der Waals surface area contributed by atoms with Gasteiger partial charge in [0.1, 0.15) is 11.7 Å². The lowest BCUT2D eigenvalue weighted by molar-refractivity contribution is -0.116. The maximum atomic E-state index is 11.8. The first-order valence-electron chi connectivity index (χ1n) is 9.64. The summed E-state index contributed by atoms with van der Waals surface area (Å²) >= 11 is 0. The lowest BCUT2D eigenvalue weighted by Gasteiger charge is -2.22. The Hall–Kier alpha value is -2.95. The summed E-state index contributed by atoms with van der Waals surface area (Å²) < 4.78 is 0. The molecule has 154 valence electrons. The largest absolute Gasteiger partial charge is 0.386 e. The third-order valence-corrected chi connectivity index (χ3v) is 3.94. The first-order valence-corrected chi connectivity index (χ1v) is 9.64. The number of hydrogen-bond donors (Lipinski definition) is 3. The summed E-state index contributed by atoms with van der Waals surface area (Å²) in [5.74, 6) is 0.0852. The number of allylic oxidation sites excluding steroid dienone is 14. The smallest absolute Gasteiger partial charge is 0.243 e. The summed E-state index contributed by atoms with van der Waals surface area (Å²) in [7, 11) is 0. The minimum absolute atomic E-state index is 0.142. The molecular weight excluding hydrogens is 362 g/mol. The average Bonchev–Trinajstić information content (AvgIpc) is 2.68. The SMILES string of the molecule is CC1\C=C/C=C\C=C/C=C\C=C/C(O)C(C)(O)/C=C/C=C\C=C/C=C/C(=O)NC1. The van der Waals surface area contributed by atoms with Gasteiger partial charge in [0.2, 0.25) is 5.91 Å². The van der Waals surface area contributed by atoms with Crippen molar-refractivity contribution in [3.05, 3.63) is 109 Å². The van der Waals surface area contributed by atoms with Crippen LogP contribution in [0.1, 0.15) is 13.8 Å². The highest BCUT2D eigenvalue weighted by Crippen LogP contribution is 2.13. The quantitative estimate of drug-likeness (QED) is 0.585. The zero-order valence-corrected chi connectivity index (χ0v) is 17.1. The van der Waals surface area contributed by atoms with Crippen molar-refractivity contribution in [3.63, 3.8) is 0 Å². The Kier molecular flexibility index (Phi) is 11.7. The summed E-state index contributed by atoms with van der Waals surface area (Å²) in [6.45, 7) is 4.14. The third kappa shape index (κ3) is 12.2. The molecule has 1 aliphatic rings. The highest BCUT2D eigenvalue weighted by atomic mass is 16.3. The number of aliphatic hydroxyl groups excluding tert-OH is 1. The fraction of sp³-hybridized carbons (Fsp3) is 0.240. The Labute approximate surface area is 174 Å². The van der Waals surface area contributed by atoms with Gasteiger partial charge in [-0.25, -0.2) is 0 Å². The number of carbonyl (C=O) groups is 1. The van der Waals surface area contributed by atoms with E-state index in [0.717, 1.165) is 0 Å². The molecule has 0 spiro atoms. The van der Waals surface area contributed by atoms with Crippen molar-refractivity contribution in [2.75, 3.05) is 6.54 Å². The molecule has 0 saturated heterocycles. The molecule has 1 heterocycles. The Morgan fingerprint density at radius 3 is 1.93 bits per heavy atom. The molecule has 0 aromatic heterocycles. The van der Waals surface area contributed by atoms with Crippen molar-refractivity contribution in [2.45, 2.75) is 25.6 Å². The van der Waals surface area contributed by atoms with Gasteiger partial charge in [0.25, 0.3) is 0 Å². The van der Waals surface area contributed by atoms with Crippen LogP contribution in [-0.2, 0) is 4.79 Å². The number of rotatable bonds is 0. The van der Waals surface area contributed by atoms with E-state index in [1.54, 1.807) is 48.6 Å². The fourth-order valence-corrected chi connectivity index (χ4v) is 2.14. The van der Waals surface area contributed by atoms with Gasteiger partial charge in [0.15, 0.2) is 0 Å². The molecule has 0 bridgehead atoms. The van der Waals surface area contributed by atoms with Crippen molar-refractivity contribution in [1.29, 1.82) is 0 Å². The first-order chi connectivity index (χ1) is 13.9. The van der Waals surface area contributed by atoms with Gasteiger partial charge in [0.05, 0.1) is 0 Å². The molecule has 3 atom stereocenters. The molecule has 1 amide bonds. The van der Waals surface area contributed by atoms with Crippen molar-refractivity contribution >= 4 is 5.91 Å². The second kappa shape index (κ2) is 14.1. The Bertz CT molecular complexity index is 759. The monoisotopic (exact) mass is 393 g/mol. The summed E-state index contributed by atoms with van der Waals surface area (Å²) in [5.41, 5.74) is -1.38. The maximum Gasteiger partial charge on any atom is 0.243 e. The lowest BCUT2D eigenvalue weighted by Crippen LogP contribution is -2.35. The Morgan fingerprint density at radius 2 is 1.31 bits per heavy atom. The molecule has 0 aromatic carbocycles. The molecule has 4 heteroatoms. The van der Waals surface area contributed by atoms with E-state index in [9.17, 15) is 15.0 Å². The standard InChI is InChI=1S/C25H31NO3/c1-22-17-13-9-5-3-4-6-10-14-18-23(27)25(2,29)20-16-12-8-7-11-15-19-24(28)26-21-22/h3-20,22-23,27,29H,21H2,1-2H3,(H,26,28)/b4-3-,9-5-,10-6-,11-7-,12-8-,17-13-,18-14-,19-15+,20-16+. The second-order valence-corrected chi connectivity index (χ2v) is 6.81. The van der Waals surface area contributed by atoms with Crippen molar-refractivity contribution < 1.29 is 15.0 Å². The predicted octanol–water partition coefficient (Wildman–Crippen LogP) is 3.87. The van der Waals surface area contributed by atoms with E-state index in [2.05, 4.69) is 5.32 Å². The number of hydrogen-bond acceptors (Lipinski definition) is 3. The summed E-state index contributed by atoms with van der Waals surface area (Å²) in [5, 5.41) is 23.3. The van der Waals surface area contributed by atoms with Gasteiger partial charge >= 0.3 is 0 Å². The first kappa shape index (κ1) is 24.1. The Morgan fingerprint density at radius 1 is 0.828 bits per heavy atom. The molecule has 0 fully saturated rings. The fourth-order valence-electron chi connectivity index (χ4n) is 2.14. The van der Waals surface area contributed by atoms with Crippen LogP contribution in [0.4, 0.5) is 0 Å². The predicted molar refractivity (Wildman–Crippen MR) is 121 cm³/mol. The van der Waals surface area contributed by atoms with Gasteiger partial charge in [-0.2, -0.15) is 0 Å². The number of amides is 1. The van der Waals surface area contributed by atoms with E-state index < -0.39 is 11.7 Å². The van der Waals surface area contributed by atoms with Crippen molar-refractivity contribution in [1.82, 2.24) is 5.32 Å². The van der Waals surface area contributed by atoms with Gasteiger partial charge in [-0.1, -0.05) is 110 Å². The minimum atomic E-state index is -1.38. The average molecular weight is 394 g/mol. The van der Waals surface area contributed by atoms with Gasteiger partial charge in [-0.3, -0.25) is 4.79 Å². The molecule has 1 aliphatic heterocycles. The van der Waals surface area contributed by atoms with Gasteiger partial charge in [-0.15, -0.1) is 0 Å². The molecule has 4 nitrogen and oxygen atoms in total. The summed E-state index contributed by atoms with van der Waals surface area (Å²) in [6.07, 6.45) is 30.7. The van der Waals surface area contributed by atoms with E-state index in [4.69, 9.17) is 0 Å². The molecule has 1 rings (SSSR count). The van der Waals surface area contributed by atoms with Gasteiger partial charge in [-0.05, 0) is 12.8 Å². The van der Waals surface area contributed by atoms with Crippen LogP contribution < -0.4 is 5.32 Å². The topological polar surface area (TPSA) is 69.6 Å². The van der Waals surface area contributed by atoms with Crippen LogP contribution in [0.5, 0.6) is 0 Å². The maximum absolute atomic E-state index is 11.8. The van der Waals surface area contributed by atoms with Crippen LogP contribution in [-0.4, -0.2) is 34.4 Å². The number of aliphatic hydroxyl groups is 2. The van der Waals surface area contributed by atoms with Crippen LogP contribution >= 0.6 is 0 Å². The van der Waals surface area contributed by atoms with E-state index in [0.29, 0.717) is 6.54 Å². The van der Waals surface area contributed by atoms with Crippen LogP contribution in [0.2, 0.25) is 0 Å². The number of carbonyl (C=O) groups excluding carboxylic acids is 1. The van der Waals surface area contributed by atoms with Crippen LogP contribution in [0.15, 0.2) is 109 Å². The highest BCUT2D eigenvalue weighted by Gasteiger charge is 2.24. The minimum Gasteiger partial charge on any atom is -0.386 e. The third-order valence-electron chi connectivity index (χ3n) is 3.94. The lowest BCUT2D eigenvalue weighted by atomic mass is 9.98.